The highest BCUT2D eigenvalue weighted by molar-refractivity contribution is 7.92. The molecular formula is C22H21N3O3S2. The number of sulfonamides is 1. The van der Waals surface area contributed by atoms with Crippen molar-refractivity contribution in [1.29, 1.82) is 0 Å². The van der Waals surface area contributed by atoms with E-state index in [1.165, 1.54) is 11.3 Å². The van der Waals surface area contributed by atoms with Crippen LogP contribution in [0, 0.1) is 20.8 Å². The fraction of sp³-hybridized carbons (Fsp3) is 0.182. The molecule has 0 saturated heterocycles. The molecule has 0 unspecified atom stereocenters. The van der Waals surface area contributed by atoms with Crippen molar-refractivity contribution in [3.63, 3.8) is 0 Å². The zero-order valence-corrected chi connectivity index (χ0v) is 18.5. The van der Waals surface area contributed by atoms with Gasteiger partial charge >= 0.3 is 0 Å². The van der Waals surface area contributed by atoms with E-state index in [9.17, 15) is 8.42 Å². The molecule has 8 heteroatoms. The summed E-state index contributed by atoms with van der Waals surface area (Å²) >= 11 is 1.53. The van der Waals surface area contributed by atoms with Gasteiger partial charge in [0, 0.05) is 0 Å². The number of nitrogens with one attached hydrogen (secondary N) is 1. The standard InChI is InChI=1S/C22H21N3O3S2/c1-14-11-15(2)21(16(3)12-14)30(26,27)25-18-8-5-4-7-17(18)13-20-23-22(24-28-20)19-9-6-10-29-19/h4-12,25H,13H2,1-3H3. The van der Waals surface area contributed by atoms with Gasteiger partial charge < -0.3 is 4.52 Å². The van der Waals surface area contributed by atoms with Crippen LogP contribution in [0.15, 0.2) is 63.3 Å². The van der Waals surface area contributed by atoms with Crippen LogP contribution in [0.25, 0.3) is 10.7 Å². The number of thiophene rings is 1. The lowest BCUT2D eigenvalue weighted by atomic mass is 10.1. The van der Waals surface area contributed by atoms with E-state index in [-0.39, 0.29) is 0 Å². The first-order valence-electron chi connectivity index (χ1n) is 9.38. The lowest BCUT2D eigenvalue weighted by Crippen LogP contribution is -2.17. The number of aryl methyl sites for hydroxylation is 3. The van der Waals surface area contributed by atoms with Crippen molar-refractivity contribution in [1.82, 2.24) is 10.1 Å². The number of para-hydroxylation sites is 1. The molecule has 1 N–H and O–H groups in total. The molecular weight excluding hydrogens is 418 g/mol. The Hall–Kier alpha value is -2.97. The molecule has 2 heterocycles. The normalized spacial score (nSPS) is 11.6. The molecule has 30 heavy (non-hydrogen) atoms. The Morgan fingerprint density at radius 3 is 2.47 bits per heavy atom. The zero-order valence-electron chi connectivity index (χ0n) is 16.8. The van der Waals surface area contributed by atoms with E-state index in [4.69, 9.17) is 4.52 Å². The van der Waals surface area contributed by atoms with Crippen molar-refractivity contribution >= 4 is 27.0 Å². The predicted molar refractivity (Wildman–Crippen MR) is 118 cm³/mol. The van der Waals surface area contributed by atoms with E-state index in [1.54, 1.807) is 12.1 Å². The fourth-order valence-corrected chi connectivity index (χ4v) is 5.76. The van der Waals surface area contributed by atoms with Gasteiger partial charge in [-0.25, -0.2) is 8.42 Å². The highest BCUT2D eigenvalue weighted by Crippen LogP contribution is 2.27. The third kappa shape index (κ3) is 4.15. The smallest absolute Gasteiger partial charge is 0.262 e. The van der Waals surface area contributed by atoms with Crippen molar-refractivity contribution < 1.29 is 12.9 Å². The van der Waals surface area contributed by atoms with Crippen LogP contribution in [0.5, 0.6) is 0 Å². The number of nitrogens with zero attached hydrogens (tertiary/aromatic N) is 2. The summed E-state index contributed by atoms with van der Waals surface area (Å²) in [6.07, 6.45) is 0.322. The summed E-state index contributed by atoms with van der Waals surface area (Å²) in [5.41, 5.74) is 3.71. The Balaban J connectivity index is 1.63. The molecule has 0 saturated carbocycles. The fourth-order valence-electron chi connectivity index (χ4n) is 3.56. The van der Waals surface area contributed by atoms with Gasteiger partial charge in [0.15, 0.2) is 0 Å². The summed E-state index contributed by atoms with van der Waals surface area (Å²) < 4.78 is 34.4. The highest BCUT2D eigenvalue weighted by atomic mass is 32.2. The van der Waals surface area contributed by atoms with Gasteiger partial charge in [-0.15, -0.1) is 11.3 Å². The first-order valence-corrected chi connectivity index (χ1v) is 11.7. The van der Waals surface area contributed by atoms with E-state index in [0.29, 0.717) is 28.7 Å². The quantitative estimate of drug-likeness (QED) is 0.451. The van der Waals surface area contributed by atoms with Crippen molar-refractivity contribution in [3.05, 3.63) is 82.1 Å². The van der Waals surface area contributed by atoms with E-state index < -0.39 is 10.0 Å². The maximum atomic E-state index is 13.2. The molecule has 2 aromatic heterocycles. The zero-order chi connectivity index (χ0) is 21.3. The second kappa shape index (κ2) is 8.04. The highest BCUT2D eigenvalue weighted by Gasteiger charge is 2.21. The lowest BCUT2D eigenvalue weighted by Gasteiger charge is -2.15. The van der Waals surface area contributed by atoms with Gasteiger partial charge in [0.2, 0.25) is 11.7 Å². The van der Waals surface area contributed by atoms with E-state index in [1.807, 2.05) is 62.5 Å². The van der Waals surface area contributed by atoms with E-state index in [2.05, 4.69) is 14.9 Å². The molecule has 4 aromatic rings. The average Bonchev–Trinajstić information content (AvgIpc) is 3.33. The predicted octanol–water partition coefficient (Wildman–Crippen LogP) is 5.11. The molecule has 0 aliphatic carbocycles. The molecule has 0 fully saturated rings. The first kappa shape index (κ1) is 20.3. The van der Waals surface area contributed by atoms with Crippen LogP contribution in [0.3, 0.4) is 0 Å². The Morgan fingerprint density at radius 1 is 1.03 bits per heavy atom. The Kier molecular flexibility index (Phi) is 5.44. The van der Waals surface area contributed by atoms with Crippen molar-refractivity contribution in [2.45, 2.75) is 32.1 Å². The van der Waals surface area contributed by atoms with Crippen LogP contribution in [0.4, 0.5) is 5.69 Å². The van der Waals surface area contributed by atoms with Gasteiger partial charge in [-0.05, 0) is 55.0 Å². The second-order valence-electron chi connectivity index (χ2n) is 7.16. The average molecular weight is 440 g/mol. The third-order valence-corrected chi connectivity index (χ3v) is 7.22. The molecule has 0 bridgehead atoms. The number of benzene rings is 2. The van der Waals surface area contributed by atoms with Gasteiger partial charge in [0.1, 0.15) is 0 Å². The maximum absolute atomic E-state index is 13.2. The number of hydrogen-bond acceptors (Lipinski definition) is 6. The second-order valence-corrected chi connectivity index (χ2v) is 9.72. The minimum absolute atomic E-state index is 0.306. The Morgan fingerprint density at radius 2 is 1.77 bits per heavy atom. The number of rotatable bonds is 6. The summed E-state index contributed by atoms with van der Waals surface area (Å²) in [5.74, 6) is 0.955. The summed E-state index contributed by atoms with van der Waals surface area (Å²) in [6.45, 7) is 5.57. The van der Waals surface area contributed by atoms with Crippen molar-refractivity contribution in [2.24, 2.45) is 0 Å². The van der Waals surface area contributed by atoms with Crippen LogP contribution in [0.1, 0.15) is 28.1 Å². The molecule has 0 radical (unpaired) electrons. The molecule has 0 aliphatic rings. The van der Waals surface area contributed by atoms with Crippen LogP contribution in [-0.2, 0) is 16.4 Å². The summed E-state index contributed by atoms with van der Waals surface area (Å²) in [4.78, 5) is 5.66. The van der Waals surface area contributed by atoms with Gasteiger partial charge in [-0.3, -0.25) is 4.72 Å². The number of aromatic nitrogens is 2. The van der Waals surface area contributed by atoms with Gasteiger partial charge in [0.25, 0.3) is 10.0 Å². The molecule has 0 aliphatic heterocycles. The van der Waals surface area contributed by atoms with Crippen molar-refractivity contribution in [3.8, 4) is 10.7 Å². The molecule has 154 valence electrons. The van der Waals surface area contributed by atoms with Crippen LogP contribution >= 0.6 is 11.3 Å². The minimum atomic E-state index is -3.75. The molecule has 0 spiro atoms. The summed E-state index contributed by atoms with van der Waals surface area (Å²) in [7, 11) is -3.75. The van der Waals surface area contributed by atoms with Gasteiger partial charge in [-0.2, -0.15) is 4.98 Å². The number of anilines is 1. The third-order valence-electron chi connectivity index (χ3n) is 4.69. The van der Waals surface area contributed by atoms with Crippen molar-refractivity contribution in [2.75, 3.05) is 4.72 Å². The van der Waals surface area contributed by atoms with Gasteiger partial charge in [0.05, 0.1) is 21.9 Å². The SMILES string of the molecule is Cc1cc(C)c(S(=O)(=O)Nc2ccccc2Cc2nc(-c3cccs3)no2)c(C)c1. The summed E-state index contributed by atoms with van der Waals surface area (Å²) in [6, 6.07) is 14.8. The number of hydrogen-bond donors (Lipinski definition) is 1. The Bertz CT molecular complexity index is 1270. The Labute approximate surface area is 179 Å². The topological polar surface area (TPSA) is 85.1 Å². The van der Waals surface area contributed by atoms with Crippen LogP contribution in [-0.4, -0.2) is 18.6 Å². The monoisotopic (exact) mass is 439 g/mol. The first-order chi connectivity index (χ1) is 14.3. The lowest BCUT2D eigenvalue weighted by molar-refractivity contribution is 0.386. The molecule has 6 nitrogen and oxygen atoms in total. The molecule has 0 amide bonds. The molecule has 4 rings (SSSR count). The molecule has 0 atom stereocenters. The van der Waals surface area contributed by atoms with Crippen LogP contribution in [0.2, 0.25) is 0 Å². The van der Waals surface area contributed by atoms with Crippen LogP contribution < -0.4 is 4.72 Å². The van der Waals surface area contributed by atoms with E-state index >= 15 is 0 Å². The largest absolute Gasteiger partial charge is 0.339 e. The van der Waals surface area contributed by atoms with Gasteiger partial charge in [-0.1, -0.05) is 47.1 Å². The summed E-state index contributed by atoms with van der Waals surface area (Å²) in [5, 5.41) is 5.97. The minimum Gasteiger partial charge on any atom is -0.339 e. The van der Waals surface area contributed by atoms with E-state index in [0.717, 1.165) is 27.1 Å². The maximum Gasteiger partial charge on any atom is 0.262 e. The molecule has 2 aromatic carbocycles.